The summed E-state index contributed by atoms with van der Waals surface area (Å²) in [5, 5.41) is 2.98. The van der Waals surface area contributed by atoms with Crippen LogP contribution in [0.15, 0.2) is 53.4 Å². The lowest BCUT2D eigenvalue weighted by atomic mass is 10.1. The molecule has 0 saturated carbocycles. The first-order valence-electron chi connectivity index (χ1n) is 10.7. The fourth-order valence-electron chi connectivity index (χ4n) is 3.65. The zero-order valence-electron chi connectivity index (χ0n) is 18.4. The topological polar surface area (TPSA) is 79.0 Å². The number of hydrogen-bond acceptors (Lipinski definition) is 5. The molecule has 1 amide bonds. The van der Waals surface area contributed by atoms with E-state index in [1.165, 1.54) is 16.4 Å². The van der Waals surface area contributed by atoms with Crippen molar-refractivity contribution in [2.45, 2.75) is 31.7 Å². The van der Waals surface area contributed by atoms with Crippen molar-refractivity contribution in [1.29, 1.82) is 0 Å². The van der Waals surface area contributed by atoms with Crippen LogP contribution in [0.5, 0.6) is 0 Å². The lowest BCUT2D eigenvalue weighted by Crippen LogP contribution is -2.36. The Morgan fingerprint density at radius 3 is 2.16 bits per heavy atom. The molecule has 8 heteroatoms. The molecule has 0 radical (unpaired) electrons. The van der Waals surface area contributed by atoms with Gasteiger partial charge in [-0.1, -0.05) is 26.0 Å². The predicted molar refractivity (Wildman–Crippen MR) is 122 cm³/mol. The molecule has 2 aromatic carbocycles. The second-order valence-electron chi connectivity index (χ2n) is 7.50. The average Bonchev–Trinajstić information content (AvgIpc) is 2.80. The normalized spacial score (nSPS) is 15.7. The number of carbonyl (C=O) groups is 1. The standard InChI is InChI=1S/C23H31N3O4S/c1-4-26(5-2)31(28,29)22-12-8-20(9-13-22)23(27)24-18(3)19-6-10-21(11-7-19)25-14-16-30-17-15-25/h6-13,18H,4-5,14-17H2,1-3H3,(H,24,27). The van der Waals surface area contributed by atoms with E-state index in [9.17, 15) is 13.2 Å². The molecule has 1 fully saturated rings. The SMILES string of the molecule is CCN(CC)S(=O)(=O)c1ccc(C(=O)NC(C)c2ccc(N3CCOCC3)cc2)cc1. The average molecular weight is 446 g/mol. The summed E-state index contributed by atoms with van der Waals surface area (Å²) in [6.45, 7) is 9.59. The molecule has 31 heavy (non-hydrogen) atoms. The fourth-order valence-corrected chi connectivity index (χ4v) is 5.11. The Hall–Kier alpha value is -2.42. The number of carbonyl (C=O) groups excluding carboxylic acids is 1. The van der Waals surface area contributed by atoms with Crippen molar-refractivity contribution >= 4 is 21.6 Å². The van der Waals surface area contributed by atoms with Crippen LogP contribution in [0.3, 0.4) is 0 Å². The maximum atomic E-state index is 12.7. The van der Waals surface area contributed by atoms with Crippen molar-refractivity contribution in [1.82, 2.24) is 9.62 Å². The summed E-state index contributed by atoms with van der Waals surface area (Å²) in [5.41, 5.74) is 2.58. The minimum Gasteiger partial charge on any atom is -0.378 e. The van der Waals surface area contributed by atoms with Gasteiger partial charge in [-0.05, 0) is 48.9 Å². The third kappa shape index (κ3) is 5.44. The molecular weight excluding hydrogens is 414 g/mol. The van der Waals surface area contributed by atoms with Crippen LogP contribution in [0, 0.1) is 0 Å². The Balaban J connectivity index is 1.64. The first-order valence-corrected chi connectivity index (χ1v) is 12.1. The number of amides is 1. The van der Waals surface area contributed by atoms with Crippen LogP contribution < -0.4 is 10.2 Å². The number of ether oxygens (including phenoxy) is 1. The smallest absolute Gasteiger partial charge is 0.251 e. The second kappa shape index (κ2) is 10.3. The zero-order chi connectivity index (χ0) is 22.4. The van der Waals surface area contributed by atoms with Crippen molar-refractivity contribution in [3.05, 3.63) is 59.7 Å². The Kier molecular flexibility index (Phi) is 7.69. The van der Waals surface area contributed by atoms with E-state index in [1.54, 1.807) is 26.0 Å². The largest absolute Gasteiger partial charge is 0.378 e. The fraction of sp³-hybridized carbons (Fsp3) is 0.435. The molecule has 1 aliphatic rings. The zero-order valence-corrected chi connectivity index (χ0v) is 19.2. The number of anilines is 1. The van der Waals surface area contributed by atoms with E-state index < -0.39 is 10.0 Å². The first-order chi connectivity index (χ1) is 14.9. The molecule has 7 nitrogen and oxygen atoms in total. The first kappa shape index (κ1) is 23.2. The summed E-state index contributed by atoms with van der Waals surface area (Å²) in [5.74, 6) is -0.239. The van der Waals surface area contributed by atoms with Crippen LogP contribution in [0.4, 0.5) is 5.69 Å². The molecule has 1 unspecified atom stereocenters. The van der Waals surface area contributed by atoms with Gasteiger partial charge in [-0.3, -0.25) is 4.79 Å². The summed E-state index contributed by atoms with van der Waals surface area (Å²) in [4.78, 5) is 15.1. The predicted octanol–water partition coefficient (Wildman–Crippen LogP) is 3.04. The van der Waals surface area contributed by atoms with Crippen LogP contribution in [0.25, 0.3) is 0 Å². The molecule has 1 N–H and O–H groups in total. The van der Waals surface area contributed by atoms with Crippen LogP contribution in [0.1, 0.15) is 42.7 Å². The van der Waals surface area contributed by atoms with E-state index in [0.29, 0.717) is 18.7 Å². The molecular formula is C23H31N3O4S. The van der Waals surface area contributed by atoms with Gasteiger partial charge in [0.15, 0.2) is 0 Å². The lowest BCUT2D eigenvalue weighted by Gasteiger charge is -2.29. The van der Waals surface area contributed by atoms with E-state index in [1.807, 2.05) is 19.1 Å². The second-order valence-corrected chi connectivity index (χ2v) is 9.44. The molecule has 2 aromatic rings. The minimum atomic E-state index is -3.53. The van der Waals surface area contributed by atoms with E-state index in [0.717, 1.165) is 37.6 Å². The molecule has 168 valence electrons. The Morgan fingerprint density at radius 2 is 1.61 bits per heavy atom. The molecule has 1 saturated heterocycles. The Morgan fingerprint density at radius 1 is 1.03 bits per heavy atom. The number of rotatable bonds is 8. The number of nitrogens with zero attached hydrogens (tertiary/aromatic N) is 2. The highest BCUT2D eigenvalue weighted by atomic mass is 32.2. The highest BCUT2D eigenvalue weighted by molar-refractivity contribution is 7.89. The van der Waals surface area contributed by atoms with Gasteiger partial charge in [-0.2, -0.15) is 4.31 Å². The molecule has 1 atom stereocenters. The summed E-state index contributed by atoms with van der Waals surface area (Å²) in [6.07, 6.45) is 0. The number of hydrogen-bond donors (Lipinski definition) is 1. The number of morpholine rings is 1. The molecule has 0 spiro atoms. The van der Waals surface area contributed by atoms with Crippen molar-refractivity contribution in [2.75, 3.05) is 44.3 Å². The van der Waals surface area contributed by atoms with Gasteiger partial charge < -0.3 is 15.0 Å². The molecule has 1 heterocycles. The summed E-state index contributed by atoms with van der Waals surface area (Å²) >= 11 is 0. The molecule has 0 aromatic heterocycles. The van der Waals surface area contributed by atoms with Gasteiger partial charge in [0.25, 0.3) is 5.91 Å². The highest BCUT2D eigenvalue weighted by Gasteiger charge is 2.22. The quantitative estimate of drug-likeness (QED) is 0.676. The summed E-state index contributed by atoms with van der Waals surface area (Å²) in [6, 6.07) is 14.1. The van der Waals surface area contributed by atoms with Gasteiger partial charge in [0.05, 0.1) is 24.2 Å². The van der Waals surface area contributed by atoms with E-state index >= 15 is 0 Å². The van der Waals surface area contributed by atoms with Crippen LogP contribution in [0.2, 0.25) is 0 Å². The van der Waals surface area contributed by atoms with Gasteiger partial charge in [-0.25, -0.2) is 8.42 Å². The van der Waals surface area contributed by atoms with Gasteiger partial charge in [0.1, 0.15) is 0 Å². The molecule has 3 rings (SSSR count). The number of nitrogens with one attached hydrogen (secondary N) is 1. The van der Waals surface area contributed by atoms with E-state index in [2.05, 4.69) is 22.3 Å². The summed E-state index contributed by atoms with van der Waals surface area (Å²) < 4.78 is 32.0. The van der Waals surface area contributed by atoms with E-state index in [-0.39, 0.29) is 16.8 Å². The minimum absolute atomic E-state index is 0.176. The maximum absolute atomic E-state index is 12.7. The van der Waals surface area contributed by atoms with E-state index in [4.69, 9.17) is 4.74 Å². The highest BCUT2D eigenvalue weighted by Crippen LogP contribution is 2.21. The molecule has 0 bridgehead atoms. The maximum Gasteiger partial charge on any atom is 0.251 e. The molecule has 0 aliphatic carbocycles. The monoisotopic (exact) mass is 445 g/mol. The number of sulfonamides is 1. The van der Waals surface area contributed by atoms with Crippen molar-refractivity contribution in [3.63, 3.8) is 0 Å². The van der Waals surface area contributed by atoms with Crippen molar-refractivity contribution in [3.8, 4) is 0 Å². The third-order valence-corrected chi connectivity index (χ3v) is 7.64. The van der Waals surface area contributed by atoms with Gasteiger partial charge >= 0.3 is 0 Å². The third-order valence-electron chi connectivity index (χ3n) is 5.58. The van der Waals surface area contributed by atoms with Crippen molar-refractivity contribution in [2.24, 2.45) is 0 Å². The Labute approximate surface area is 185 Å². The van der Waals surface area contributed by atoms with Crippen LogP contribution >= 0.6 is 0 Å². The van der Waals surface area contributed by atoms with Crippen LogP contribution in [-0.2, 0) is 14.8 Å². The van der Waals surface area contributed by atoms with Crippen LogP contribution in [-0.4, -0.2) is 58.0 Å². The molecule has 1 aliphatic heterocycles. The Bertz CT molecular complexity index is 965. The lowest BCUT2D eigenvalue weighted by molar-refractivity contribution is 0.0939. The van der Waals surface area contributed by atoms with Gasteiger partial charge in [0.2, 0.25) is 10.0 Å². The number of benzene rings is 2. The van der Waals surface area contributed by atoms with Gasteiger partial charge in [-0.15, -0.1) is 0 Å². The summed E-state index contributed by atoms with van der Waals surface area (Å²) in [7, 11) is -3.53. The van der Waals surface area contributed by atoms with Gasteiger partial charge in [0, 0.05) is 37.4 Å². The van der Waals surface area contributed by atoms with Crippen molar-refractivity contribution < 1.29 is 17.9 Å².